The van der Waals surface area contributed by atoms with E-state index in [9.17, 15) is 9.59 Å². The van der Waals surface area contributed by atoms with Crippen LogP contribution in [0.4, 0.5) is 0 Å². The fraction of sp³-hybridized carbons (Fsp3) is 0.103. The van der Waals surface area contributed by atoms with Gasteiger partial charge in [-0.1, -0.05) is 38.1 Å². The Bertz CT molecular complexity index is 1440. The smallest absolute Gasteiger partial charge is 0.344 e. The Morgan fingerprint density at radius 1 is 0.615 bits per heavy atom. The summed E-state index contributed by atoms with van der Waals surface area (Å²) in [5.41, 5.74) is 2.47. The highest BCUT2D eigenvalue weighted by molar-refractivity contribution is 14.1. The van der Waals surface area contributed by atoms with Crippen LogP contribution in [0.5, 0.6) is 11.5 Å². The molecule has 0 saturated heterocycles. The standard InChI is InChI=1S/C29H18Br4I2O4/c1-29(2,15-11-19(30)25(20(31)12-15)38-27(36)17-7-3-5-9-23(17)34)16-13-21(32)26(22(33)14-16)39-28(37)18-8-4-6-10-24(18)35/h3-14H,1-2H3. The number of hydrogen-bond donors (Lipinski definition) is 0. The van der Waals surface area contributed by atoms with E-state index in [1.54, 1.807) is 24.3 Å². The van der Waals surface area contributed by atoms with Gasteiger partial charge in [-0.2, -0.15) is 0 Å². The molecule has 0 spiro atoms. The first-order chi connectivity index (χ1) is 18.4. The highest BCUT2D eigenvalue weighted by Gasteiger charge is 2.28. The van der Waals surface area contributed by atoms with Gasteiger partial charge in [0.05, 0.1) is 29.0 Å². The summed E-state index contributed by atoms with van der Waals surface area (Å²) in [6.07, 6.45) is 0. The Morgan fingerprint density at radius 2 is 0.923 bits per heavy atom. The zero-order valence-electron chi connectivity index (χ0n) is 20.3. The van der Waals surface area contributed by atoms with Crippen molar-refractivity contribution in [2.45, 2.75) is 19.3 Å². The van der Waals surface area contributed by atoms with Crippen molar-refractivity contribution in [2.75, 3.05) is 0 Å². The van der Waals surface area contributed by atoms with Gasteiger partial charge in [-0.15, -0.1) is 0 Å². The van der Waals surface area contributed by atoms with Gasteiger partial charge in [-0.05, 0) is 169 Å². The van der Waals surface area contributed by atoms with Crippen molar-refractivity contribution in [3.05, 3.63) is 120 Å². The lowest BCUT2D eigenvalue weighted by molar-refractivity contribution is 0.0721. The topological polar surface area (TPSA) is 52.6 Å². The quantitative estimate of drug-likeness (QED) is 0.110. The number of esters is 2. The van der Waals surface area contributed by atoms with E-state index >= 15 is 0 Å². The summed E-state index contributed by atoms with van der Waals surface area (Å²) in [7, 11) is 0. The zero-order valence-corrected chi connectivity index (χ0v) is 31.0. The maximum absolute atomic E-state index is 12.8. The minimum absolute atomic E-state index is 0.402. The first-order valence-electron chi connectivity index (χ1n) is 11.3. The van der Waals surface area contributed by atoms with Crippen LogP contribution in [0.2, 0.25) is 0 Å². The molecular weight excluding hydrogens is 986 g/mol. The van der Waals surface area contributed by atoms with Gasteiger partial charge in [0, 0.05) is 12.6 Å². The molecule has 0 fully saturated rings. The molecule has 200 valence electrons. The summed E-state index contributed by atoms with van der Waals surface area (Å²) < 4.78 is 15.7. The Hall–Kier alpha value is -0.800. The Morgan fingerprint density at radius 3 is 1.23 bits per heavy atom. The number of ether oxygens (including phenoxy) is 2. The summed E-state index contributed by atoms with van der Waals surface area (Å²) in [6, 6.07) is 22.3. The Balaban J connectivity index is 1.62. The predicted molar refractivity (Wildman–Crippen MR) is 184 cm³/mol. The number of hydrogen-bond acceptors (Lipinski definition) is 4. The fourth-order valence-electron chi connectivity index (χ4n) is 3.75. The molecular formula is C29H18Br4I2O4. The molecule has 4 rings (SSSR count). The van der Waals surface area contributed by atoms with Crippen LogP contribution in [0.3, 0.4) is 0 Å². The van der Waals surface area contributed by atoms with Crippen molar-refractivity contribution in [3.8, 4) is 11.5 Å². The largest absolute Gasteiger partial charge is 0.420 e. The van der Waals surface area contributed by atoms with Gasteiger partial charge in [-0.25, -0.2) is 9.59 Å². The van der Waals surface area contributed by atoms with Crippen molar-refractivity contribution in [2.24, 2.45) is 0 Å². The maximum atomic E-state index is 12.8. The van der Waals surface area contributed by atoms with Crippen LogP contribution in [-0.4, -0.2) is 11.9 Å². The number of carbonyl (C=O) groups excluding carboxylic acids is 2. The molecule has 10 heteroatoms. The molecule has 0 amide bonds. The molecule has 0 aromatic heterocycles. The molecule has 0 heterocycles. The summed E-state index contributed by atoms with van der Waals surface area (Å²) in [5, 5.41) is 0. The van der Waals surface area contributed by atoms with Crippen molar-refractivity contribution >= 4 is 121 Å². The molecule has 4 aromatic rings. The predicted octanol–water partition coefficient (Wildman–Crippen LogP) is 10.7. The summed E-state index contributed by atoms with van der Waals surface area (Å²) >= 11 is 18.6. The van der Waals surface area contributed by atoms with E-state index < -0.39 is 17.4 Å². The third kappa shape index (κ3) is 6.99. The third-order valence-corrected chi connectivity index (χ3v) is 10.3. The minimum atomic E-state index is -0.467. The monoisotopic (exact) mass is 1000 g/mol. The van der Waals surface area contributed by atoms with Crippen LogP contribution >= 0.6 is 109 Å². The second kappa shape index (κ2) is 13.0. The van der Waals surface area contributed by atoms with Gasteiger partial charge in [-0.3, -0.25) is 0 Å². The Labute approximate surface area is 287 Å². The van der Waals surface area contributed by atoms with Gasteiger partial charge in [0.25, 0.3) is 0 Å². The highest BCUT2D eigenvalue weighted by atomic mass is 127. The minimum Gasteiger partial charge on any atom is -0.420 e. The number of halogens is 6. The molecule has 0 aliphatic rings. The zero-order chi connectivity index (χ0) is 28.5. The van der Waals surface area contributed by atoms with E-state index in [0.717, 1.165) is 18.3 Å². The molecule has 0 bridgehead atoms. The second-order valence-corrected chi connectivity index (χ2v) is 14.6. The SMILES string of the molecule is CC(C)(c1cc(Br)c(OC(=O)c2ccccc2I)c(Br)c1)c1cc(Br)c(OC(=O)c2ccccc2I)c(Br)c1. The average Bonchev–Trinajstić information content (AvgIpc) is 2.88. The molecule has 4 aromatic carbocycles. The molecule has 0 atom stereocenters. The lowest BCUT2D eigenvalue weighted by Crippen LogP contribution is -2.20. The molecule has 0 unspecified atom stereocenters. The van der Waals surface area contributed by atoms with Crippen LogP contribution in [0.1, 0.15) is 45.7 Å². The van der Waals surface area contributed by atoms with E-state index in [1.165, 1.54) is 0 Å². The first kappa shape index (κ1) is 31.1. The number of benzene rings is 4. The lowest BCUT2D eigenvalue weighted by Gasteiger charge is -2.28. The van der Waals surface area contributed by atoms with Crippen molar-refractivity contribution in [1.82, 2.24) is 0 Å². The number of carbonyl (C=O) groups is 2. The normalized spacial score (nSPS) is 11.3. The van der Waals surface area contributed by atoms with Gasteiger partial charge in [0.1, 0.15) is 0 Å². The summed E-state index contributed by atoms with van der Waals surface area (Å²) in [6.45, 7) is 4.18. The second-order valence-electron chi connectivity index (χ2n) is 8.90. The van der Waals surface area contributed by atoms with Crippen LogP contribution in [0.15, 0.2) is 90.7 Å². The van der Waals surface area contributed by atoms with Crippen molar-refractivity contribution in [3.63, 3.8) is 0 Å². The Kier molecular flexibility index (Phi) is 10.4. The van der Waals surface area contributed by atoms with Gasteiger partial charge in [0.2, 0.25) is 0 Å². The molecule has 0 aliphatic carbocycles. The van der Waals surface area contributed by atoms with Gasteiger partial charge in [0.15, 0.2) is 11.5 Å². The molecule has 39 heavy (non-hydrogen) atoms. The molecule has 0 aliphatic heterocycles. The van der Waals surface area contributed by atoms with Crippen molar-refractivity contribution < 1.29 is 19.1 Å². The summed E-state index contributed by atoms with van der Waals surface area (Å²) in [4.78, 5) is 25.6. The van der Waals surface area contributed by atoms with E-state index in [2.05, 4.69) is 123 Å². The van der Waals surface area contributed by atoms with E-state index in [-0.39, 0.29) is 0 Å². The van der Waals surface area contributed by atoms with E-state index in [4.69, 9.17) is 9.47 Å². The van der Waals surface area contributed by atoms with Crippen LogP contribution < -0.4 is 9.47 Å². The lowest BCUT2D eigenvalue weighted by atomic mass is 9.78. The molecule has 4 nitrogen and oxygen atoms in total. The maximum Gasteiger partial charge on any atom is 0.344 e. The molecule has 0 N–H and O–H groups in total. The van der Waals surface area contributed by atoms with Gasteiger partial charge >= 0.3 is 11.9 Å². The van der Waals surface area contributed by atoms with Crippen LogP contribution in [-0.2, 0) is 5.41 Å². The molecule has 0 saturated carbocycles. The number of rotatable bonds is 6. The average molecular weight is 1000 g/mol. The highest BCUT2D eigenvalue weighted by Crippen LogP contribution is 2.44. The fourth-order valence-corrected chi connectivity index (χ4v) is 7.66. The van der Waals surface area contributed by atoms with E-state index in [1.807, 2.05) is 48.5 Å². The van der Waals surface area contributed by atoms with Crippen molar-refractivity contribution in [1.29, 1.82) is 0 Å². The third-order valence-electron chi connectivity index (χ3n) is 6.02. The summed E-state index contributed by atoms with van der Waals surface area (Å²) in [5.74, 6) is -0.0630. The van der Waals surface area contributed by atoms with Crippen LogP contribution in [0, 0.1) is 7.14 Å². The first-order valence-corrected chi connectivity index (χ1v) is 16.7. The molecule has 0 radical (unpaired) electrons. The van der Waals surface area contributed by atoms with Gasteiger partial charge < -0.3 is 9.47 Å². The van der Waals surface area contributed by atoms with Crippen LogP contribution in [0.25, 0.3) is 0 Å². The van der Waals surface area contributed by atoms with E-state index in [0.29, 0.717) is 40.5 Å².